The molecule has 3 nitrogen and oxygen atoms in total. The third-order valence-electron chi connectivity index (χ3n) is 3.50. The Labute approximate surface area is 122 Å². The molecule has 0 bridgehead atoms. The number of aromatic nitrogens is 1. The molecular weight excluding hydrogens is 276 g/mol. The third-order valence-corrected chi connectivity index (χ3v) is 4.83. The summed E-state index contributed by atoms with van der Waals surface area (Å²) >= 11 is 6.76. The first kappa shape index (κ1) is 12.8. The van der Waals surface area contributed by atoms with E-state index >= 15 is 0 Å². The minimum Gasteiger partial charge on any atom is -0.290 e. The number of nitrogens with zero attached hydrogens (tertiary/aromatic N) is 2. The minimum atomic E-state index is 0.0609. The van der Waals surface area contributed by atoms with E-state index in [0.717, 1.165) is 18.4 Å². The van der Waals surface area contributed by atoms with E-state index in [2.05, 4.69) is 4.98 Å². The number of carbonyl (C=O) groups is 1. The van der Waals surface area contributed by atoms with E-state index in [1.807, 2.05) is 23.1 Å². The molecule has 3 rings (SSSR count). The van der Waals surface area contributed by atoms with E-state index in [4.69, 9.17) is 12.2 Å². The number of amides is 1. The molecule has 1 amide bonds. The zero-order valence-corrected chi connectivity index (χ0v) is 12.0. The van der Waals surface area contributed by atoms with Gasteiger partial charge in [0.15, 0.2) is 0 Å². The van der Waals surface area contributed by atoms with Crippen LogP contribution in [0.3, 0.4) is 0 Å². The third kappa shape index (κ3) is 2.58. The van der Waals surface area contributed by atoms with Gasteiger partial charge in [-0.15, -0.1) is 0 Å². The summed E-state index contributed by atoms with van der Waals surface area (Å²) in [5.74, 6) is 0.0609. The quantitative estimate of drug-likeness (QED) is 0.618. The Morgan fingerprint density at radius 3 is 2.89 bits per heavy atom. The van der Waals surface area contributed by atoms with E-state index in [-0.39, 0.29) is 5.91 Å². The molecule has 2 heterocycles. The van der Waals surface area contributed by atoms with Crippen molar-refractivity contribution in [1.29, 1.82) is 0 Å². The van der Waals surface area contributed by atoms with Crippen molar-refractivity contribution in [3.05, 3.63) is 35.0 Å². The molecule has 5 heteroatoms. The van der Waals surface area contributed by atoms with Gasteiger partial charge < -0.3 is 0 Å². The molecule has 2 aliphatic rings. The number of hydrogen-bond acceptors (Lipinski definition) is 4. The van der Waals surface area contributed by atoms with Gasteiger partial charge in [0, 0.05) is 18.4 Å². The largest absolute Gasteiger partial charge is 0.290 e. The van der Waals surface area contributed by atoms with E-state index in [1.54, 1.807) is 12.4 Å². The zero-order valence-electron chi connectivity index (χ0n) is 10.4. The number of rotatable bonds is 2. The average Bonchev–Trinajstić information content (AvgIpc) is 3.01. The van der Waals surface area contributed by atoms with Gasteiger partial charge in [-0.05, 0) is 30.5 Å². The Bertz CT molecular complexity index is 536. The van der Waals surface area contributed by atoms with Crippen molar-refractivity contribution in [3.8, 4) is 0 Å². The lowest BCUT2D eigenvalue weighted by Gasteiger charge is -2.21. The van der Waals surface area contributed by atoms with Gasteiger partial charge in [0.2, 0.25) is 0 Å². The first-order valence-corrected chi connectivity index (χ1v) is 7.65. The van der Waals surface area contributed by atoms with Gasteiger partial charge in [0.05, 0.1) is 4.91 Å². The van der Waals surface area contributed by atoms with Crippen LogP contribution in [0.15, 0.2) is 29.4 Å². The number of carbonyl (C=O) groups excluding carboxylic acids is 1. The molecule has 0 unspecified atom stereocenters. The zero-order chi connectivity index (χ0) is 13.2. The minimum absolute atomic E-state index is 0.0609. The Morgan fingerprint density at radius 1 is 1.42 bits per heavy atom. The van der Waals surface area contributed by atoms with Gasteiger partial charge in [-0.1, -0.05) is 42.9 Å². The number of pyridine rings is 1. The molecule has 0 radical (unpaired) electrons. The highest BCUT2D eigenvalue weighted by atomic mass is 32.2. The smallest absolute Gasteiger partial charge is 0.266 e. The fourth-order valence-corrected chi connectivity index (χ4v) is 3.97. The summed E-state index contributed by atoms with van der Waals surface area (Å²) in [7, 11) is 0. The van der Waals surface area contributed by atoms with Crippen molar-refractivity contribution in [2.24, 2.45) is 0 Å². The van der Waals surface area contributed by atoms with Crippen LogP contribution in [0.25, 0.3) is 6.08 Å². The Kier molecular flexibility index (Phi) is 3.66. The predicted octanol–water partition coefficient (Wildman–Crippen LogP) is 3.23. The van der Waals surface area contributed by atoms with Crippen molar-refractivity contribution in [3.63, 3.8) is 0 Å². The van der Waals surface area contributed by atoms with Crippen LogP contribution >= 0.6 is 24.0 Å². The lowest BCUT2D eigenvalue weighted by molar-refractivity contribution is -0.123. The van der Waals surface area contributed by atoms with Crippen LogP contribution in [0, 0.1) is 0 Å². The van der Waals surface area contributed by atoms with E-state index in [0.29, 0.717) is 15.3 Å². The van der Waals surface area contributed by atoms with E-state index in [9.17, 15) is 4.79 Å². The lowest BCUT2D eigenvalue weighted by Crippen LogP contribution is -2.36. The Balaban J connectivity index is 1.84. The molecule has 1 saturated carbocycles. The number of thiocarbonyl (C=S) groups is 1. The van der Waals surface area contributed by atoms with Crippen LogP contribution < -0.4 is 0 Å². The van der Waals surface area contributed by atoms with Crippen LogP contribution in [0.5, 0.6) is 0 Å². The summed E-state index contributed by atoms with van der Waals surface area (Å²) in [6.07, 6.45) is 9.90. The van der Waals surface area contributed by atoms with Gasteiger partial charge in [-0.3, -0.25) is 14.7 Å². The fraction of sp³-hybridized carbons (Fsp3) is 0.357. The molecule has 1 aromatic heterocycles. The van der Waals surface area contributed by atoms with E-state index in [1.165, 1.54) is 24.6 Å². The van der Waals surface area contributed by atoms with Gasteiger partial charge in [0.25, 0.3) is 5.91 Å². The maximum Gasteiger partial charge on any atom is 0.266 e. The normalized spacial score (nSPS) is 22.7. The molecule has 0 aromatic carbocycles. The highest BCUT2D eigenvalue weighted by Crippen LogP contribution is 2.37. The molecule has 0 atom stereocenters. The highest BCUT2D eigenvalue weighted by molar-refractivity contribution is 8.26. The molecule has 0 spiro atoms. The average molecular weight is 290 g/mol. The van der Waals surface area contributed by atoms with Crippen molar-refractivity contribution >= 4 is 40.3 Å². The van der Waals surface area contributed by atoms with Gasteiger partial charge in [-0.25, -0.2) is 0 Å². The van der Waals surface area contributed by atoms with Crippen molar-refractivity contribution in [1.82, 2.24) is 9.88 Å². The summed E-state index contributed by atoms with van der Waals surface area (Å²) in [6, 6.07) is 4.12. The second-order valence-corrected chi connectivity index (χ2v) is 6.45. The summed E-state index contributed by atoms with van der Waals surface area (Å²) in [4.78, 5) is 19.0. The molecule has 1 aliphatic heterocycles. The van der Waals surface area contributed by atoms with E-state index < -0.39 is 0 Å². The molecule has 98 valence electrons. The SMILES string of the molecule is O=C1C(=Cc2cccnc2)SC(=S)N1C1CCCC1. The first-order valence-electron chi connectivity index (χ1n) is 6.43. The molecule has 2 fully saturated rings. The molecule has 1 saturated heterocycles. The summed E-state index contributed by atoms with van der Waals surface area (Å²) in [5.41, 5.74) is 0.939. The lowest BCUT2D eigenvalue weighted by atomic mass is 10.2. The van der Waals surface area contributed by atoms with Crippen molar-refractivity contribution in [2.45, 2.75) is 31.7 Å². The van der Waals surface area contributed by atoms with Crippen molar-refractivity contribution in [2.75, 3.05) is 0 Å². The molecule has 1 aliphatic carbocycles. The van der Waals surface area contributed by atoms with Gasteiger partial charge in [-0.2, -0.15) is 0 Å². The van der Waals surface area contributed by atoms with Crippen LogP contribution in [-0.4, -0.2) is 26.2 Å². The predicted molar refractivity (Wildman–Crippen MR) is 81.5 cm³/mol. The summed E-state index contributed by atoms with van der Waals surface area (Å²) in [6.45, 7) is 0. The van der Waals surface area contributed by atoms with Crippen LogP contribution in [0.4, 0.5) is 0 Å². The second kappa shape index (κ2) is 5.43. The second-order valence-electron chi connectivity index (χ2n) is 4.78. The molecule has 1 aromatic rings. The Morgan fingerprint density at radius 2 is 2.21 bits per heavy atom. The van der Waals surface area contributed by atoms with Crippen molar-refractivity contribution < 1.29 is 4.79 Å². The maximum atomic E-state index is 12.4. The molecule has 19 heavy (non-hydrogen) atoms. The Hall–Kier alpha value is -1.20. The topological polar surface area (TPSA) is 33.2 Å². The van der Waals surface area contributed by atoms with Crippen LogP contribution in [0.2, 0.25) is 0 Å². The van der Waals surface area contributed by atoms with Crippen LogP contribution in [-0.2, 0) is 4.79 Å². The number of thioether (sulfide) groups is 1. The maximum absolute atomic E-state index is 12.4. The standard InChI is InChI=1S/C14H14N2OS2/c17-13-12(8-10-4-3-7-15-9-10)19-14(18)16(13)11-5-1-2-6-11/h3-4,7-9,11H,1-2,5-6H2. The fourth-order valence-electron chi connectivity index (χ4n) is 2.57. The highest BCUT2D eigenvalue weighted by Gasteiger charge is 2.37. The first-order chi connectivity index (χ1) is 9.25. The van der Waals surface area contributed by atoms with Crippen LogP contribution in [0.1, 0.15) is 31.2 Å². The van der Waals surface area contributed by atoms with Gasteiger partial charge >= 0.3 is 0 Å². The molecular formula is C14H14N2OS2. The van der Waals surface area contributed by atoms with Gasteiger partial charge in [0.1, 0.15) is 4.32 Å². The summed E-state index contributed by atoms with van der Waals surface area (Å²) in [5, 5.41) is 0. The monoisotopic (exact) mass is 290 g/mol. The summed E-state index contributed by atoms with van der Waals surface area (Å²) < 4.78 is 0.701. The molecule has 0 N–H and O–H groups in total. The number of hydrogen-bond donors (Lipinski definition) is 0.